The number of ether oxygens (including phenoxy) is 1. The summed E-state index contributed by atoms with van der Waals surface area (Å²) in [6, 6.07) is 7.01. The van der Waals surface area contributed by atoms with E-state index in [0.717, 1.165) is 24.8 Å². The molecule has 1 amide bonds. The number of amides is 1. The first-order valence-electron chi connectivity index (χ1n) is 9.39. The fraction of sp³-hybridized carbons (Fsp3) is 0.632. The van der Waals surface area contributed by atoms with Gasteiger partial charge in [0.2, 0.25) is 15.9 Å². The van der Waals surface area contributed by atoms with Gasteiger partial charge in [-0.05, 0) is 44.2 Å². The SMILES string of the molecule is Cc1ccc(S(=O)(=O)N2CCCC(CCC(=O)N3CCOCC3)C2)cc1. The Morgan fingerprint density at radius 2 is 1.85 bits per heavy atom. The number of carbonyl (C=O) groups is 1. The normalized spacial score (nSPS) is 22.3. The minimum absolute atomic E-state index is 0.159. The number of aryl methyl sites for hydroxylation is 1. The number of hydrogen-bond acceptors (Lipinski definition) is 4. The molecule has 2 aliphatic heterocycles. The summed E-state index contributed by atoms with van der Waals surface area (Å²) in [5, 5.41) is 0. The molecule has 0 N–H and O–H groups in total. The highest BCUT2D eigenvalue weighted by atomic mass is 32.2. The summed E-state index contributed by atoms with van der Waals surface area (Å²) in [5.41, 5.74) is 1.04. The standard InChI is InChI=1S/C19H28N2O4S/c1-16-4-7-18(8-5-16)26(23,24)21-10-2-3-17(15-21)6-9-19(22)20-11-13-25-14-12-20/h4-5,7-8,17H,2-3,6,9-15H2,1H3. The zero-order chi connectivity index (χ0) is 18.6. The van der Waals surface area contributed by atoms with Crippen molar-refractivity contribution in [2.45, 2.75) is 37.5 Å². The maximum atomic E-state index is 12.9. The Balaban J connectivity index is 1.56. The van der Waals surface area contributed by atoms with Crippen molar-refractivity contribution in [2.24, 2.45) is 5.92 Å². The summed E-state index contributed by atoms with van der Waals surface area (Å²) in [6.07, 6.45) is 3.07. The van der Waals surface area contributed by atoms with Gasteiger partial charge in [-0.15, -0.1) is 0 Å². The lowest BCUT2D eigenvalue weighted by atomic mass is 9.94. The number of benzene rings is 1. The Morgan fingerprint density at radius 1 is 1.15 bits per heavy atom. The third-order valence-electron chi connectivity index (χ3n) is 5.27. The lowest BCUT2D eigenvalue weighted by Crippen LogP contribution is -2.42. The van der Waals surface area contributed by atoms with E-state index in [-0.39, 0.29) is 11.8 Å². The first-order chi connectivity index (χ1) is 12.5. The van der Waals surface area contributed by atoms with Gasteiger partial charge in [-0.3, -0.25) is 4.79 Å². The largest absolute Gasteiger partial charge is 0.378 e. The van der Waals surface area contributed by atoms with E-state index in [4.69, 9.17) is 4.74 Å². The van der Waals surface area contributed by atoms with Crippen LogP contribution in [0, 0.1) is 12.8 Å². The maximum Gasteiger partial charge on any atom is 0.243 e. The highest BCUT2D eigenvalue weighted by Gasteiger charge is 2.30. The Morgan fingerprint density at radius 3 is 2.54 bits per heavy atom. The van der Waals surface area contributed by atoms with Gasteiger partial charge in [0.05, 0.1) is 18.1 Å². The van der Waals surface area contributed by atoms with Crippen LogP contribution in [0.3, 0.4) is 0 Å². The average molecular weight is 381 g/mol. The zero-order valence-electron chi connectivity index (χ0n) is 15.4. The number of sulfonamides is 1. The van der Waals surface area contributed by atoms with Gasteiger partial charge in [-0.2, -0.15) is 4.31 Å². The van der Waals surface area contributed by atoms with E-state index in [1.807, 2.05) is 24.0 Å². The summed E-state index contributed by atoms with van der Waals surface area (Å²) in [4.78, 5) is 14.5. The van der Waals surface area contributed by atoms with Crippen LogP contribution < -0.4 is 0 Å². The van der Waals surface area contributed by atoms with Crippen molar-refractivity contribution in [3.05, 3.63) is 29.8 Å². The molecule has 0 aromatic heterocycles. The molecule has 7 heteroatoms. The predicted octanol–water partition coefficient (Wildman–Crippen LogP) is 2.03. The summed E-state index contributed by atoms with van der Waals surface area (Å²) >= 11 is 0. The third kappa shape index (κ3) is 4.64. The first-order valence-corrected chi connectivity index (χ1v) is 10.8. The minimum Gasteiger partial charge on any atom is -0.378 e. The van der Waals surface area contributed by atoms with Crippen LogP contribution in [0.5, 0.6) is 0 Å². The second kappa shape index (κ2) is 8.50. The quantitative estimate of drug-likeness (QED) is 0.784. The number of carbonyl (C=O) groups excluding carboxylic acids is 1. The molecule has 1 atom stereocenters. The van der Waals surface area contributed by atoms with E-state index < -0.39 is 10.0 Å². The molecule has 0 spiro atoms. The summed E-state index contributed by atoms with van der Waals surface area (Å²) in [5.74, 6) is 0.403. The molecule has 0 aliphatic carbocycles. The van der Waals surface area contributed by atoms with Crippen LogP contribution in [-0.2, 0) is 19.6 Å². The summed E-state index contributed by atoms with van der Waals surface area (Å²) in [6.45, 7) is 5.56. The second-order valence-corrected chi connectivity index (χ2v) is 9.15. The molecule has 2 saturated heterocycles. The number of nitrogens with zero attached hydrogens (tertiary/aromatic N) is 2. The predicted molar refractivity (Wildman–Crippen MR) is 99.3 cm³/mol. The second-order valence-electron chi connectivity index (χ2n) is 7.22. The van der Waals surface area contributed by atoms with E-state index in [0.29, 0.717) is 50.7 Å². The molecule has 2 aliphatic rings. The molecule has 0 bridgehead atoms. The number of rotatable bonds is 5. The molecule has 0 radical (unpaired) electrons. The monoisotopic (exact) mass is 380 g/mol. The van der Waals surface area contributed by atoms with Crippen LogP contribution in [0.15, 0.2) is 29.2 Å². The minimum atomic E-state index is -3.45. The van der Waals surface area contributed by atoms with Gasteiger partial charge < -0.3 is 9.64 Å². The smallest absolute Gasteiger partial charge is 0.243 e. The van der Waals surface area contributed by atoms with Gasteiger partial charge in [-0.1, -0.05) is 17.7 Å². The van der Waals surface area contributed by atoms with Gasteiger partial charge in [0, 0.05) is 32.6 Å². The molecular weight excluding hydrogens is 352 g/mol. The molecule has 1 unspecified atom stereocenters. The number of piperidine rings is 1. The van der Waals surface area contributed by atoms with Gasteiger partial charge >= 0.3 is 0 Å². The van der Waals surface area contributed by atoms with Gasteiger partial charge in [0.1, 0.15) is 0 Å². The van der Waals surface area contributed by atoms with Crippen molar-refractivity contribution in [3.63, 3.8) is 0 Å². The van der Waals surface area contributed by atoms with Crippen molar-refractivity contribution in [3.8, 4) is 0 Å². The Labute approximate surface area is 156 Å². The highest BCUT2D eigenvalue weighted by Crippen LogP contribution is 2.26. The van der Waals surface area contributed by atoms with Crippen LogP contribution in [0.1, 0.15) is 31.2 Å². The van der Waals surface area contributed by atoms with Crippen LogP contribution in [-0.4, -0.2) is 62.9 Å². The molecular formula is C19H28N2O4S. The molecule has 3 rings (SSSR count). The van der Waals surface area contributed by atoms with Crippen LogP contribution in [0.2, 0.25) is 0 Å². The van der Waals surface area contributed by atoms with Crippen molar-refractivity contribution in [2.75, 3.05) is 39.4 Å². The fourth-order valence-electron chi connectivity index (χ4n) is 3.64. The molecule has 1 aromatic rings. The lowest BCUT2D eigenvalue weighted by Gasteiger charge is -2.32. The molecule has 6 nitrogen and oxygen atoms in total. The Hall–Kier alpha value is -1.44. The summed E-state index contributed by atoms with van der Waals surface area (Å²) in [7, 11) is -3.45. The van der Waals surface area contributed by atoms with E-state index in [2.05, 4.69) is 0 Å². The molecule has 26 heavy (non-hydrogen) atoms. The van der Waals surface area contributed by atoms with Crippen LogP contribution in [0.25, 0.3) is 0 Å². The number of hydrogen-bond donors (Lipinski definition) is 0. The van der Waals surface area contributed by atoms with E-state index in [1.54, 1.807) is 16.4 Å². The molecule has 2 heterocycles. The highest BCUT2D eigenvalue weighted by molar-refractivity contribution is 7.89. The third-order valence-corrected chi connectivity index (χ3v) is 7.15. The van der Waals surface area contributed by atoms with Gasteiger partial charge in [-0.25, -0.2) is 8.42 Å². The van der Waals surface area contributed by atoms with Gasteiger partial charge in [0.15, 0.2) is 0 Å². The molecule has 144 valence electrons. The van der Waals surface area contributed by atoms with Gasteiger partial charge in [0.25, 0.3) is 0 Å². The molecule has 1 aromatic carbocycles. The molecule has 2 fully saturated rings. The van der Waals surface area contributed by atoms with Crippen molar-refractivity contribution >= 4 is 15.9 Å². The van der Waals surface area contributed by atoms with E-state index >= 15 is 0 Å². The molecule has 0 saturated carbocycles. The first kappa shape index (κ1) is 19.3. The Kier molecular flexibility index (Phi) is 6.32. The van der Waals surface area contributed by atoms with E-state index in [9.17, 15) is 13.2 Å². The Bertz CT molecular complexity index is 712. The van der Waals surface area contributed by atoms with Crippen LogP contribution >= 0.6 is 0 Å². The van der Waals surface area contributed by atoms with Crippen LogP contribution in [0.4, 0.5) is 0 Å². The summed E-state index contributed by atoms with van der Waals surface area (Å²) < 4.78 is 32.6. The van der Waals surface area contributed by atoms with E-state index in [1.165, 1.54) is 0 Å². The topological polar surface area (TPSA) is 66.9 Å². The zero-order valence-corrected chi connectivity index (χ0v) is 16.2. The van der Waals surface area contributed by atoms with Crippen molar-refractivity contribution in [1.29, 1.82) is 0 Å². The fourth-order valence-corrected chi connectivity index (χ4v) is 5.19. The maximum absolute atomic E-state index is 12.9. The number of morpholine rings is 1. The van der Waals surface area contributed by atoms with Crippen molar-refractivity contribution < 1.29 is 17.9 Å². The van der Waals surface area contributed by atoms with Crippen molar-refractivity contribution in [1.82, 2.24) is 9.21 Å². The lowest BCUT2D eigenvalue weighted by molar-refractivity contribution is -0.135. The average Bonchev–Trinajstić information content (AvgIpc) is 2.67.